The Morgan fingerprint density at radius 1 is 1.46 bits per heavy atom. The summed E-state index contributed by atoms with van der Waals surface area (Å²) in [6, 6.07) is 0. The van der Waals surface area contributed by atoms with Crippen molar-refractivity contribution >= 4 is 21.8 Å². The lowest BCUT2D eigenvalue weighted by atomic mass is 10.7. The molecule has 0 aromatic heterocycles. The Labute approximate surface area is 84.0 Å². The predicted molar refractivity (Wildman–Crippen MR) is 58.4 cm³/mol. The van der Waals surface area contributed by atoms with E-state index in [9.17, 15) is 8.42 Å². The molecule has 0 bridgehead atoms. The zero-order valence-electron chi connectivity index (χ0n) is 7.53. The number of hydrogen-bond donors (Lipinski definition) is 2. The fraction of sp³-hybridized carbons (Fsp3) is 0.714. The summed E-state index contributed by atoms with van der Waals surface area (Å²) in [4.78, 5) is 0. The third kappa shape index (κ3) is 12.0. The summed E-state index contributed by atoms with van der Waals surface area (Å²) in [6.07, 6.45) is 1.84. The highest BCUT2D eigenvalue weighted by Crippen LogP contribution is 1.96. The molecular formula is C7H16N2O2S2. The summed E-state index contributed by atoms with van der Waals surface area (Å²) in [7, 11) is -3.31. The van der Waals surface area contributed by atoms with Crippen molar-refractivity contribution in [1.29, 1.82) is 0 Å². The minimum atomic E-state index is -3.31. The highest BCUT2D eigenvalue weighted by Gasteiger charge is 1.99. The number of nitrogens with two attached hydrogens (primary N) is 1. The molecule has 0 aromatic carbocycles. The monoisotopic (exact) mass is 224 g/mol. The zero-order valence-corrected chi connectivity index (χ0v) is 9.16. The number of primary sulfonamides is 1. The number of thioether (sulfide) groups is 1. The Morgan fingerprint density at radius 3 is 2.69 bits per heavy atom. The van der Waals surface area contributed by atoms with Gasteiger partial charge in [-0.15, -0.1) is 6.58 Å². The van der Waals surface area contributed by atoms with Crippen LogP contribution in [-0.2, 0) is 10.0 Å². The van der Waals surface area contributed by atoms with Crippen LogP contribution in [0.5, 0.6) is 0 Å². The highest BCUT2D eigenvalue weighted by molar-refractivity contribution is 7.99. The molecule has 3 N–H and O–H groups in total. The van der Waals surface area contributed by atoms with Crippen LogP contribution in [0.1, 0.15) is 0 Å². The van der Waals surface area contributed by atoms with Crippen LogP contribution in [0.2, 0.25) is 0 Å². The molecule has 0 atom stereocenters. The van der Waals surface area contributed by atoms with Crippen molar-refractivity contribution in [1.82, 2.24) is 5.32 Å². The lowest BCUT2D eigenvalue weighted by molar-refractivity contribution is 0.594. The van der Waals surface area contributed by atoms with E-state index in [1.54, 1.807) is 11.8 Å². The highest BCUT2D eigenvalue weighted by atomic mass is 32.2. The summed E-state index contributed by atoms with van der Waals surface area (Å²) in [5.41, 5.74) is 0. The second-order valence-corrected chi connectivity index (χ2v) is 5.36. The van der Waals surface area contributed by atoms with Gasteiger partial charge >= 0.3 is 0 Å². The lowest BCUT2D eigenvalue weighted by Crippen LogP contribution is -2.28. The van der Waals surface area contributed by atoms with E-state index in [0.717, 1.165) is 18.1 Å². The van der Waals surface area contributed by atoms with E-state index in [-0.39, 0.29) is 5.75 Å². The van der Waals surface area contributed by atoms with Crippen LogP contribution in [0.3, 0.4) is 0 Å². The van der Waals surface area contributed by atoms with Crippen LogP contribution >= 0.6 is 11.8 Å². The van der Waals surface area contributed by atoms with Gasteiger partial charge < -0.3 is 5.32 Å². The van der Waals surface area contributed by atoms with Gasteiger partial charge in [-0.2, -0.15) is 11.8 Å². The average molecular weight is 224 g/mol. The van der Waals surface area contributed by atoms with Crippen LogP contribution < -0.4 is 10.5 Å². The fourth-order valence-corrected chi connectivity index (χ4v) is 1.70. The van der Waals surface area contributed by atoms with Crippen molar-refractivity contribution in [2.24, 2.45) is 5.14 Å². The second kappa shape index (κ2) is 7.37. The molecule has 78 valence electrons. The third-order valence-corrected chi connectivity index (χ3v) is 2.96. The van der Waals surface area contributed by atoms with Crippen molar-refractivity contribution in [2.75, 3.05) is 30.3 Å². The first-order valence-electron chi connectivity index (χ1n) is 3.96. The standard InChI is InChI=1S/C7H16N2O2S2/c1-2-5-12-6-3-9-4-7-13(8,10)11/h2,9H,1,3-7H2,(H2,8,10,11). The fourth-order valence-electron chi connectivity index (χ4n) is 0.650. The maximum Gasteiger partial charge on any atom is 0.210 e. The largest absolute Gasteiger partial charge is 0.315 e. The molecule has 0 radical (unpaired) electrons. The van der Waals surface area contributed by atoms with Gasteiger partial charge in [0.15, 0.2) is 0 Å². The van der Waals surface area contributed by atoms with Crippen LogP contribution in [0.25, 0.3) is 0 Å². The molecule has 4 nitrogen and oxygen atoms in total. The predicted octanol–water partition coefficient (Wildman–Crippen LogP) is -0.216. The first-order chi connectivity index (χ1) is 6.06. The molecule has 0 aliphatic heterocycles. The SMILES string of the molecule is C=CCSCCNCCS(N)(=O)=O. The Bertz CT molecular complexity index is 227. The van der Waals surface area contributed by atoms with Gasteiger partial charge in [-0.3, -0.25) is 0 Å². The molecule has 0 saturated carbocycles. The molecule has 0 amide bonds. The Morgan fingerprint density at radius 2 is 2.15 bits per heavy atom. The van der Waals surface area contributed by atoms with E-state index in [2.05, 4.69) is 11.9 Å². The van der Waals surface area contributed by atoms with Gasteiger partial charge in [-0.05, 0) is 0 Å². The Kier molecular flexibility index (Phi) is 7.35. The van der Waals surface area contributed by atoms with Crippen molar-refractivity contribution in [3.05, 3.63) is 12.7 Å². The van der Waals surface area contributed by atoms with Crippen molar-refractivity contribution in [3.63, 3.8) is 0 Å². The van der Waals surface area contributed by atoms with Crippen LogP contribution in [0.4, 0.5) is 0 Å². The molecule has 0 aliphatic rings. The number of sulfonamides is 1. The van der Waals surface area contributed by atoms with Gasteiger partial charge in [0.05, 0.1) is 5.75 Å². The first-order valence-corrected chi connectivity index (χ1v) is 6.83. The van der Waals surface area contributed by atoms with Gasteiger partial charge in [0, 0.05) is 24.6 Å². The molecule has 0 aliphatic carbocycles. The van der Waals surface area contributed by atoms with E-state index in [1.807, 2.05) is 6.08 Å². The summed E-state index contributed by atoms with van der Waals surface area (Å²) in [5, 5.41) is 7.80. The summed E-state index contributed by atoms with van der Waals surface area (Å²) in [6.45, 7) is 4.81. The minimum Gasteiger partial charge on any atom is -0.315 e. The van der Waals surface area contributed by atoms with Gasteiger partial charge in [-0.25, -0.2) is 13.6 Å². The number of hydrogen-bond acceptors (Lipinski definition) is 4. The van der Waals surface area contributed by atoms with E-state index in [4.69, 9.17) is 5.14 Å². The van der Waals surface area contributed by atoms with Crippen LogP contribution in [0.15, 0.2) is 12.7 Å². The molecule has 0 fully saturated rings. The molecule has 0 rings (SSSR count). The maximum absolute atomic E-state index is 10.5. The minimum absolute atomic E-state index is 0.000868. The lowest BCUT2D eigenvalue weighted by Gasteiger charge is -2.02. The summed E-state index contributed by atoms with van der Waals surface area (Å²) >= 11 is 1.75. The number of rotatable bonds is 8. The smallest absolute Gasteiger partial charge is 0.210 e. The van der Waals surface area contributed by atoms with Gasteiger partial charge in [0.2, 0.25) is 10.0 Å². The molecular weight excluding hydrogens is 208 g/mol. The Hall–Kier alpha value is -0.0400. The zero-order chi connectivity index (χ0) is 10.2. The average Bonchev–Trinajstić information content (AvgIpc) is 2.01. The van der Waals surface area contributed by atoms with E-state index in [1.165, 1.54) is 0 Å². The summed E-state index contributed by atoms with van der Waals surface area (Å²) in [5.74, 6) is 1.88. The van der Waals surface area contributed by atoms with Crippen LogP contribution in [-0.4, -0.2) is 38.8 Å². The molecule has 0 saturated heterocycles. The molecule has 0 aromatic rings. The van der Waals surface area contributed by atoms with Crippen LogP contribution in [0, 0.1) is 0 Å². The summed E-state index contributed by atoms with van der Waals surface area (Å²) < 4.78 is 21.0. The molecule has 13 heavy (non-hydrogen) atoms. The van der Waals surface area contributed by atoms with E-state index in [0.29, 0.717) is 6.54 Å². The maximum atomic E-state index is 10.5. The third-order valence-electron chi connectivity index (χ3n) is 1.22. The second-order valence-electron chi connectivity index (χ2n) is 2.48. The van der Waals surface area contributed by atoms with Crippen molar-refractivity contribution in [3.8, 4) is 0 Å². The van der Waals surface area contributed by atoms with E-state index < -0.39 is 10.0 Å². The Balaban J connectivity index is 3.13. The van der Waals surface area contributed by atoms with E-state index >= 15 is 0 Å². The van der Waals surface area contributed by atoms with Gasteiger partial charge in [0.25, 0.3) is 0 Å². The molecule has 0 spiro atoms. The molecule has 6 heteroatoms. The number of nitrogens with one attached hydrogen (secondary N) is 1. The molecule has 0 unspecified atom stereocenters. The topological polar surface area (TPSA) is 72.2 Å². The van der Waals surface area contributed by atoms with Gasteiger partial charge in [-0.1, -0.05) is 6.08 Å². The first kappa shape index (κ1) is 13.0. The quantitative estimate of drug-likeness (QED) is 0.442. The normalized spacial score (nSPS) is 11.5. The molecule has 0 heterocycles. The van der Waals surface area contributed by atoms with Gasteiger partial charge in [0.1, 0.15) is 0 Å². The van der Waals surface area contributed by atoms with Crippen molar-refractivity contribution < 1.29 is 8.42 Å². The van der Waals surface area contributed by atoms with Crippen molar-refractivity contribution in [2.45, 2.75) is 0 Å².